The zero-order valence-corrected chi connectivity index (χ0v) is 15.1. The largest absolute Gasteiger partial charge is 0.461 e. The standard InChI is InChI=1S/C22H17NO5/c24-20(12-23-21(25)15-6-1-2-7-16(15)22(23)26)27-13-9-10-19-17(11-13)14-5-3-4-8-18(14)28-19/h1-2,6-7,9-11H,3-5,8,12H2. The number of nitrogens with zero attached hydrogens (tertiary/aromatic N) is 1. The highest BCUT2D eigenvalue weighted by atomic mass is 16.5. The lowest BCUT2D eigenvalue weighted by atomic mass is 9.96. The molecule has 0 radical (unpaired) electrons. The molecule has 0 spiro atoms. The first kappa shape index (κ1) is 16.7. The highest BCUT2D eigenvalue weighted by molar-refractivity contribution is 6.22. The summed E-state index contributed by atoms with van der Waals surface area (Å²) in [4.78, 5) is 38.1. The molecule has 2 heterocycles. The van der Waals surface area contributed by atoms with Crippen LogP contribution in [0.4, 0.5) is 0 Å². The lowest BCUT2D eigenvalue weighted by Gasteiger charge is -2.13. The summed E-state index contributed by atoms with van der Waals surface area (Å²) >= 11 is 0. The van der Waals surface area contributed by atoms with Gasteiger partial charge in [0, 0.05) is 17.4 Å². The number of hydrogen-bond acceptors (Lipinski definition) is 5. The zero-order chi connectivity index (χ0) is 19.3. The second-order valence-electron chi connectivity index (χ2n) is 7.08. The van der Waals surface area contributed by atoms with Gasteiger partial charge in [-0.05, 0) is 49.6 Å². The van der Waals surface area contributed by atoms with Gasteiger partial charge in [-0.25, -0.2) is 4.79 Å². The summed E-state index contributed by atoms with van der Waals surface area (Å²) in [6.07, 6.45) is 4.12. The van der Waals surface area contributed by atoms with E-state index in [9.17, 15) is 14.4 Å². The molecule has 140 valence electrons. The van der Waals surface area contributed by atoms with E-state index in [0.717, 1.165) is 47.3 Å². The van der Waals surface area contributed by atoms with E-state index in [1.807, 2.05) is 0 Å². The molecule has 1 aliphatic heterocycles. The zero-order valence-electron chi connectivity index (χ0n) is 15.1. The number of esters is 1. The number of ether oxygens (including phenoxy) is 1. The fraction of sp³-hybridized carbons (Fsp3) is 0.227. The van der Waals surface area contributed by atoms with Crippen LogP contribution in [0.5, 0.6) is 5.75 Å². The Balaban J connectivity index is 1.35. The van der Waals surface area contributed by atoms with E-state index in [-0.39, 0.29) is 0 Å². The Labute approximate surface area is 160 Å². The molecule has 6 nitrogen and oxygen atoms in total. The molecule has 28 heavy (non-hydrogen) atoms. The van der Waals surface area contributed by atoms with Crippen LogP contribution in [-0.4, -0.2) is 29.2 Å². The summed E-state index contributed by atoms with van der Waals surface area (Å²) in [5.74, 6) is -0.223. The minimum Gasteiger partial charge on any atom is -0.461 e. The van der Waals surface area contributed by atoms with Crippen LogP contribution in [0.3, 0.4) is 0 Å². The van der Waals surface area contributed by atoms with E-state index in [2.05, 4.69) is 0 Å². The Morgan fingerprint density at radius 3 is 2.46 bits per heavy atom. The van der Waals surface area contributed by atoms with Crippen LogP contribution in [0.15, 0.2) is 46.9 Å². The molecule has 3 aromatic rings. The Bertz CT molecular complexity index is 1110. The van der Waals surface area contributed by atoms with Gasteiger partial charge in [-0.3, -0.25) is 14.5 Å². The maximum Gasteiger partial charge on any atom is 0.331 e. The van der Waals surface area contributed by atoms with Crippen molar-refractivity contribution in [3.63, 3.8) is 0 Å². The number of carbonyl (C=O) groups is 3. The summed E-state index contributed by atoms with van der Waals surface area (Å²) in [6.45, 7) is -0.423. The molecule has 2 aromatic carbocycles. The molecular weight excluding hydrogens is 358 g/mol. The summed E-state index contributed by atoms with van der Waals surface area (Å²) in [5, 5.41) is 0.959. The third kappa shape index (κ3) is 2.60. The van der Waals surface area contributed by atoms with Gasteiger partial charge in [0.2, 0.25) is 0 Å². The molecule has 0 unspecified atom stereocenters. The number of aryl methyl sites for hydroxylation is 2. The molecule has 0 N–H and O–H groups in total. The molecule has 2 amide bonds. The lowest BCUT2D eigenvalue weighted by Crippen LogP contribution is -2.36. The number of hydrogen-bond donors (Lipinski definition) is 0. The van der Waals surface area contributed by atoms with E-state index in [4.69, 9.17) is 9.15 Å². The average molecular weight is 375 g/mol. The van der Waals surface area contributed by atoms with E-state index in [1.54, 1.807) is 42.5 Å². The topological polar surface area (TPSA) is 76.8 Å². The SMILES string of the molecule is O=C(CN1C(=O)c2ccccc2C1=O)Oc1ccc2oc3c(c2c1)CCCC3. The average Bonchev–Trinajstić information content (AvgIpc) is 3.19. The number of amides is 2. The van der Waals surface area contributed by atoms with Gasteiger partial charge in [0.15, 0.2) is 0 Å². The van der Waals surface area contributed by atoms with E-state index in [1.165, 1.54) is 5.56 Å². The molecule has 6 heteroatoms. The second kappa shape index (κ2) is 6.34. The Kier molecular flexibility index (Phi) is 3.79. The van der Waals surface area contributed by atoms with Crippen LogP contribution in [0, 0.1) is 0 Å². The van der Waals surface area contributed by atoms with Crippen molar-refractivity contribution in [2.75, 3.05) is 6.54 Å². The second-order valence-corrected chi connectivity index (χ2v) is 7.08. The highest BCUT2D eigenvalue weighted by Gasteiger charge is 2.36. The van der Waals surface area contributed by atoms with Gasteiger partial charge in [0.1, 0.15) is 23.6 Å². The monoisotopic (exact) mass is 375 g/mol. The van der Waals surface area contributed by atoms with Crippen molar-refractivity contribution < 1.29 is 23.5 Å². The summed E-state index contributed by atoms with van der Waals surface area (Å²) in [5.41, 5.74) is 2.59. The Morgan fingerprint density at radius 1 is 1.00 bits per heavy atom. The van der Waals surface area contributed by atoms with Gasteiger partial charge in [0.25, 0.3) is 11.8 Å². The third-order valence-corrected chi connectivity index (χ3v) is 5.32. The van der Waals surface area contributed by atoms with Crippen molar-refractivity contribution >= 4 is 28.8 Å². The Morgan fingerprint density at radius 2 is 1.71 bits per heavy atom. The van der Waals surface area contributed by atoms with E-state index < -0.39 is 24.3 Å². The molecule has 2 aliphatic rings. The number of imide groups is 1. The van der Waals surface area contributed by atoms with Gasteiger partial charge in [0.05, 0.1) is 11.1 Å². The highest BCUT2D eigenvalue weighted by Crippen LogP contribution is 2.34. The maximum atomic E-state index is 12.4. The lowest BCUT2D eigenvalue weighted by molar-refractivity contribution is -0.134. The number of rotatable bonds is 3. The summed E-state index contributed by atoms with van der Waals surface area (Å²) in [6, 6.07) is 11.8. The van der Waals surface area contributed by atoms with Crippen molar-refractivity contribution in [1.82, 2.24) is 4.90 Å². The minimum atomic E-state index is -0.661. The predicted octanol–water partition coefficient (Wildman–Crippen LogP) is 3.51. The number of carbonyl (C=O) groups excluding carboxylic acids is 3. The first-order chi connectivity index (χ1) is 13.6. The predicted molar refractivity (Wildman–Crippen MR) is 100 cm³/mol. The molecule has 0 atom stereocenters. The minimum absolute atomic E-state index is 0.312. The number of fused-ring (bicyclic) bond motifs is 4. The third-order valence-electron chi connectivity index (χ3n) is 5.32. The van der Waals surface area contributed by atoms with Crippen molar-refractivity contribution in [2.45, 2.75) is 25.7 Å². The van der Waals surface area contributed by atoms with Crippen LogP contribution in [0.25, 0.3) is 11.0 Å². The quantitative estimate of drug-likeness (QED) is 0.398. The normalized spacial score (nSPS) is 15.6. The van der Waals surface area contributed by atoms with Gasteiger partial charge in [-0.15, -0.1) is 0 Å². The molecule has 0 saturated heterocycles. The van der Waals surface area contributed by atoms with Crippen LogP contribution in [0.1, 0.15) is 44.9 Å². The van der Waals surface area contributed by atoms with Crippen LogP contribution in [0.2, 0.25) is 0 Å². The maximum absolute atomic E-state index is 12.4. The first-order valence-corrected chi connectivity index (χ1v) is 9.32. The van der Waals surface area contributed by atoms with Crippen LogP contribution >= 0.6 is 0 Å². The molecule has 0 fully saturated rings. The fourth-order valence-corrected chi connectivity index (χ4v) is 3.98. The van der Waals surface area contributed by atoms with E-state index >= 15 is 0 Å². The molecule has 0 saturated carbocycles. The number of benzene rings is 2. The van der Waals surface area contributed by atoms with Crippen molar-refractivity contribution in [2.24, 2.45) is 0 Å². The smallest absolute Gasteiger partial charge is 0.331 e. The van der Waals surface area contributed by atoms with E-state index in [0.29, 0.717) is 16.9 Å². The molecule has 0 bridgehead atoms. The van der Waals surface area contributed by atoms with Gasteiger partial charge in [-0.2, -0.15) is 0 Å². The molecule has 1 aromatic heterocycles. The van der Waals surface area contributed by atoms with Gasteiger partial charge < -0.3 is 9.15 Å². The summed E-state index contributed by atoms with van der Waals surface area (Å²) < 4.78 is 11.3. The molecule has 1 aliphatic carbocycles. The van der Waals surface area contributed by atoms with Crippen LogP contribution < -0.4 is 4.74 Å². The summed E-state index contributed by atoms with van der Waals surface area (Å²) in [7, 11) is 0. The molecular formula is C22H17NO5. The van der Waals surface area contributed by atoms with Gasteiger partial charge >= 0.3 is 5.97 Å². The first-order valence-electron chi connectivity index (χ1n) is 9.32. The van der Waals surface area contributed by atoms with Crippen molar-refractivity contribution in [3.8, 4) is 5.75 Å². The van der Waals surface area contributed by atoms with Crippen LogP contribution in [-0.2, 0) is 17.6 Å². The Hall–Kier alpha value is -3.41. The van der Waals surface area contributed by atoms with Crippen molar-refractivity contribution in [3.05, 3.63) is 64.9 Å². The number of furan rings is 1. The van der Waals surface area contributed by atoms with Crippen molar-refractivity contribution in [1.29, 1.82) is 0 Å². The fourth-order valence-electron chi connectivity index (χ4n) is 3.98. The van der Waals surface area contributed by atoms with Gasteiger partial charge in [-0.1, -0.05) is 12.1 Å². The molecule has 5 rings (SSSR count).